The number of hydrazone groups is 1. The van der Waals surface area contributed by atoms with E-state index in [2.05, 4.69) is 10.5 Å². The highest BCUT2D eigenvalue weighted by Crippen LogP contribution is 2.27. The third kappa shape index (κ3) is 5.94. The normalized spacial score (nSPS) is 14.1. The van der Waals surface area contributed by atoms with Crippen molar-refractivity contribution in [1.82, 2.24) is 10.3 Å². The van der Waals surface area contributed by atoms with Crippen molar-refractivity contribution >= 4 is 18.0 Å². The molecule has 0 saturated carbocycles. The van der Waals surface area contributed by atoms with Crippen molar-refractivity contribution in [1.29, 1.82) is 0 Å². The Balaban J connectivity index is 1.54. The Labute approximate surface area is 193 Å². The number of carbonyl (C=O) groups is 2. The number of hydrogen-bond donors (Lipinski definition) is 1. The zero-order chi connectivity index (χ0) is 23.8. The van der Waals surface area contributed by atoms with E-state index in [-0.39, 0.29) is 17.7 Å². The lowest BCUT2D eigenvalue weighted by Crippen LogP contribution is -2.42. The molecule has 0 aromatic heterocycles. The van der Waals surface area contributed by atoms with Crippen LogP contribution in [0, 0.1) is 5.92 Å². The first-order valence-corrected chi connectivity index (χ1v) is 10.6. The van der Waals surface area contributed by atoms with Gasteiger partial charge in [0.25, 0.3) is 5.91 Å². The van der Waals surface area contributed by atoms with E-state index in [0.29, 0.717) is 54.5 Å². The molecule has 0 spiro atoms. The SMILES string of the molecule is COc1cc(OC)cc(C(=O)N2CCC(C(=O)N/N=C\c3ccc(OC)c(OC)c3)CC2)c1. The van der Waals surface area contributed by atoms with Gasteiger partial charge in [0, 0.05) is 30.6 Å². The Morgan fingerprint density at radius 1 is 0.909 bits per heavy atom. The lowest BCUT2D eigenvalue weighted by Gasteiger charge is -2.31. The van der Waals surface area contributed by atoms with Crippen LogP contribution in [0.15, 0.2) is 41.5 Å². The second kappa shape index (κ2) is 11.2. The topological polar surface area (TPSA) is 98.7 Å². The number of methoxy groups -OCH3 is 4. The molecule has 0 radical (unpaired) electrons. The number of likely N-dealkylation sites (tertiary alicyclic amines) is 1. The number of nitrogens with zero attached hydrogens (tertiary/aromatic N) is 2. The van der Waals surface area contributed by atoms with Gasteiger partial charge >= 0.3 is 0 Å². The molecule has 1 N–H and O–H groups in total. The van der Waals surface area contributed by atoms with Crippen LogP contribution in [-0.4, -0.2) is 64.5 Å². The molecule has 1 heterocycles. The molecule has 1 saturated heterocycles. The molecule has 176 valence electrons. The zero-order valence-corrected chi connectivity index (χ0v) is 19.3. The monoisotopic (exact) mass is 455 g/mol. The van der Waals surface area contributed by atoms with Crippen LogP contribution in [0.2, 0.25) is 0 Å². The number of rotatable bonds is 8. The van der Waals surface area contributed by atoms with E-state index >= 15 is 0 Å². The van der Waals surface area contributed by atoms with E-state index in [1.165, 1.54) is 0 Å². The van der Waals surface area contributed by atoms with Gasteiger partial charge < -0.3 is 23.8 Å². The number of benzene rings is 2. The summed E-state index contributed by atoms with van der Waals surface area (Å²) in [4.78, 5) is 27.2. The Morgan fingerprint density at radius 2 is 1.55 bits per heavy atom. The second-order valence-corrected chi connectivity index (χ2v) is 7.52. The van der Waals surface area contributed by atoms with Crippen molar-refractivity contribution < 1.29 is 28.5 Å². The minimum absolute atomic E-state index is 0.113. The van der Waals surface area contributed by atoms with E-state index < -0.39 is 0 Å². The van der Waals surface area contributed by atoms with Crippen molar-refractivity contribution in [2.45, 2.75) is 12.8 Å². The van der Waals surface area contributed by atoms with Crippen molar-refractivity contribution in [3.63, 3.8) is 0 Å². The molecule has 1 fully saturated rings. The van der Waals surface area contributed by atoms with Gasteiger partial charge in [-0.25, -0.2) is 5.43 Å². The average Bonchev–Trinajstić information content (AvgIpc) is 2.87. The number of amides is 2. The molecule has 2 aromatic rings. The third-order valence-electron chi connectivity index (χ3n) is 5.55. The predicted molar refractivity (Wildman–Crippen MR) is 123 cm³/mol. The molecule has 0 atom stereocenters. The van der Waals surface area contributed by atoms with Crippen LogP contribution >= 0.6 is 0 Å². The molecule has 9 heteroatoms. The van der Waals surface area contributed by atoms with Crippen LogP contribution < -0.4 is 24.4 Å². The summed E-state index contributed by atoms with van der Waals surface area (Å²) in [5, 5.41) is 4.06. The van der Waals surface area contributed by atoms with Crippen molar-refractivity contribution in [3.8, 4) is 23.0 Å². The molecular weight excluding hydrogens is 426 g/mol. The summed E-state index contributed by atoms with van der Waals surface area (Å²) in [6.45, 7) is 0.964. The molecule has 1 aliphatic heterocycles. The van der Waals surface area contributed by atoms with Gasteiger partial charge in [-0.15, -0.1) is 0 Å². The van der Waals surface area contributed by atoms with E-state index in [1.807, 2.05) is 6.07 Å². The number of nitrogens with one attached hydrogen (secondary N) is 1. The largest absolute Gasteiger partial charge is 0.497 e. The molecule has 3 rings (SSSR count). The van der Waals surface area contributed by atoms with Crippen molar-refractivity contribution in [3.05, 3.63) is 47.5 Å². The van der Waals surface area contributed by atoms with Gasteiger partial charge in [-0.3, -0.25) is 9.59 Å². The summed E-state index contributed by atoms with van der Waals surface area (Å²) in [7, 11) is 6.21. The van der Waals surface area contributed by atoms with Crippen molar-refractivity contribution in [2.75, 3.05) is 41.5 Å². The summed E-state index contributed by atoms with van der Waals surface area (Å²) in [5.41, 5.74) is 3.85. The Hall–Kier alpha value is -3.75. The van der Waals surface area contributed by atoms with Gasteiger partial charge in [0.15, 0.2) is 11.5 Å². The summed E-state index contributed by atoms with van der Waals surface area (Å²) < 4.78 is 21.0. The summed E-state index contributed by atoms with van der Waals surface area (Å²) >= 11 is 0. The lowest BCUT2D eigenvalue weighted by molar-refractivity contribution is -0.126. The second-order valence-electron chi connectivity index (χ2n) is 7.52. The highest BCUT2D eigenvalue weighted by atomic mass is 16.5. The minimum Gasteiger partial charge on any atom is -0.497 e. The molecule has 9 nitrogen and oxygen atoms in total. The summed E-state index contributed by atoms with van der Waals surface area (Å²) in [6, 6.07) is 10.4. The van der Waals surface area contributed by atoms with Crippen LogP contribution in [0.4, 0.5) is 0 Å². The van der Waals surface area contributed by atoms with E-state index in [9.17, 15) is 9.59 Å². The van der Waals surface area contributed by atoms with Gasteiger partial charge in [0.1, 0.15) is 11.5 Å². The van der Waals surface area contributed by atoms with Gasteiger partial charge in [-0.05, 0) is 48.7 Å². The highest BCUT2D eigenvalue weighted by molar-refractivity contribution is 5.95. The van der Waals surface area contributed by atoms with Crippen molar-refractivity contribution in [2.24, 2.45) is 11.0 Å². The first kappa shape index (κ1) is 23.9. The fourth-order valence-electron chi connectivity index (χ4n) is 3.65. The maximum Gasteiger partial charge on any atom is 0.254 e. The minimum atomic E-state index is -0.212. The molecule has 0 unspecified atom stereocenters. The number of piperidine rings is 1. The van der Waals surface area contributed by atoms with Gasteiger partial charge in [-0.2, -0.15) is 5.10 Å². The van der Waals surface area contributed by atoms with Gasteiger partial charge in [0.2, 0.25) is 5.91 Å². The van der Waals surface area contributed by atoms with Gasteiger partial charge in [-0.1, -0.05) is 0 Å². The highest BCUT2D eigenvalue weighted by Gasteiger charge is 2.28. The molecular formula is C24H29N3O6. The maximum absolute atomic E-state index is 12.9. The smallest absolute Gasteiger partial charge is 0.254 e. The Bertz CT molecular complexity index is 993. The average molecular weight is 456 g/mol. The zero-order valence-electron chi connectivity index (χ0n) is 19.3. The molecule has 2 aromatic carbocycles. The third-order valence-corrected chi connectivity index (χ3v) is 5.55. The standard InChI is InChI=1S/C24H29N3O6/c1-30-19-12-18(13-20(14-19)31-2)24(29)27-9-7-17(8-10-27)23(28)26-25-15-16-5-6-21(32-3)22(11-16)33-4/h5-6,11-15,17H,7-10H2,1-4H3,(H,26,28)/b25-15-. The molecule has 0 aliphatic carbocycles. The first-order chi connectivity index (χ1) is 16.0. The summed E-state index contributed by atoms with van der Waals surface area (Å²) in [5.74, 6) is 1.82. The maximum atomic E-state index is 12.9. The molecule has 33 heavy (non-hydrogen) atoms. The Morgan fingerprint density at radius 3 is 2.12 bits per heavy atom. The predicted octanol–water partition coefficient (Wildman–Crippen LogP) is 2.72. The van der Waals surface area contributed by atoms with E-state index in [0.717, 1.165) is 5.56 Å². The van der Waals surface area contributed by atoms with Crippen LogP contribution in [0.1, 0.15) is 28.8 Å². The van der Waals surface area contributed by atoms with Gasteiger partial charge in [0.05, 0.1) is 34.7 Å². The lowest BCUT2D eigenvalue weighted by atomic mass is 9.95. The number of ether oxygens (including phenoxy) is 4. The fourth-order valence-corrected chi connectivity index (χ4v) is 3.65. The molecule has 2 amide bonds. The van der Waals surface area contributed by atoms with E-state index in [4.69, 9.17) is 18.9 Å². The Kier molecular flexibility index (Phi) is 8.12. The van der Waals surface area contributed by atoms with Crippen LogP contribution in [0.5, 0.6) is 23.0 Å². The van der Waals surface area contributed by atoms with E-state index in [1.54, 1.807) is 69.9 Å². The number of carbonyl (C=O) groups excluding carboxylic acids is 2. The summed E-state index contributed by atoms with van der Waals surface area (Å²) in [6.07, 6.45) is 2.67. The molecule has 1 aliphatic rings. The quantitative estimate of drug-likeness (QED) is 0.486. The van der Waals surface area contributed by atoms with Crippen LogP contribution in [0.25, 0.3) is 0 Å². The number of hydrogen-bond acceptors (Lipinski definition) is 7. The van der Waals surface area contributed by atoms with Crippen LogP contribution in [0.3, 0.4) is 0 Å². The fraction of sp³-hybridized carbons (Fsp3) is 0.375. The first-order valence-electron chi connectivity index (χ1n) is 10.6. The van der Waals surface area contributed by atoms with Crippen LogP contribution in [-0.2, 0) is 4.79 Å². The molecule has 0 bridgehead atoms.